The van der Waals surface area contributed by atoms with Gasteiger partial charge >= 0.3 is 5.97 Å². The molecule has 140 valence electrons. The summed E-state index contributed by atoms with van der Waals surface area (Å²) in [5, 5.41) is 3.37. The molecule has 1 atom stereocenters. The summed E-state index contributed by atoms with van der Waals surface area (Å²) in [7, 11) is 1.31. The summed E-state index contributed by atoms with van der Waals surface area (Å²) < 4.78 is 4.64. The van der Waals surface area contributed by atoms with E-state index in [1.165, 1.54) is 7.11 Å². The van der Waals surface area contributed by atoms with Gasteiger partial charge < -0.3 is 15.0 Å². The molecule has 1 saturated heterocycles. The number of esters is 1. The number of amides is 2. The molecule has 0 spiro atoms. The monoisotopic (exact) mass is 386 g/mol. The van der Waals surface area contributed by atoms with E-state index in [-0.39, 0.29) is 18.2 Å². The second-order valence-corrected chi connectivity index (χ2v) is 6.80. The number of hydrogen-bond donors (Lipinski definition) is 1. The summed E-state index contributed by atoms with van der Waals surface area (Å²) in [6, 6.07) is 11.8. The minimum absolute atomic E-state index is 0.115. The Labute approximate surface area is 162 Å². The minimum atomic E-state index is -0.460. The van der Waals surface area contributed by atoms with Gasteiger partial charge in [0, 0.05) is 29.4 Å². The Morgan fingerprint density at radius 3 is 2.52 bits per heavy atom. The standard InChI is InChI=1S/C20H19ClN2O4/c1-12-3-8-16(10-17(12)21)23-11-14(9-18(23)24)19(25)22-15-6-4-13(5-7-15)20(26)27-2/h3-8,10,14H,9,11H2,1-2H3,(H,22,25)/t14-/m0/s1. The first-order valence-electron chi connectivity index (χ1n) is 8.45. The number of rotatable bonds is 4. The smallest absolute Gasteiger partial charge is 0.337 e. The molecule has 0 radical (unpaired) electrons. The maximum atomic E-state index is 12.5. The lowest BCUT2D eigenvalue weighted by Gasteiger charge is -2.17. The molecule has 0 saturated carbocycles. The van der Waals surface area contributed by atoms with Crippen molar-refractivity contribution in [3.05, 3.63) is 58.6 Å². The van der Waals surface area contributed by atoms with Crippen LogP contribution in [0.25, 0.3) is 0 Å². The zero-order valence-electron chi connectivity index (χ0n) is 15.0. The molecule has 1 aliphatic heterocycles. The van der Waals surface area contributed by atoms with E-state index < -0.39 is 11.9 Å². The molecule has 0 unspecified atom stereocenters. The molecular formula is C20H19ClN2O4. The van der Waals surface area contributed by atoms with Gasteiger partial charge in [-0.15, -0.1) is 0 Å². The van der Waals surface area contributed by atoms with Crippen molar-refractivity contribution in [2.75, 3.05) is 23.9 Å². The van der Waals surface area contributed by atoms with Gasteiger partial charge in [0.1, 0.15) is 0 Å². The highest BCUT2D eigenvalue weighted by Gasteiger charge is 2.35. The van der Waals surface area contributed by atoms with E-state index in [1.807, 2.05) is 19.1 Å². The molecule has 6 nitrogen and oxygen atoms in total. The Morgan fingerprint density at radius 1 is 1.19 bits per heavy atom. The third kappa shape index (κ3) is 4.11. The van der Waals surface area contributed by atoms with E-state index in [0.29, 0.717) is 28.5 Å². The van der Waals surface area contributed by atoms with Crippen LogP contribution >= 0.6 is 11.6 Å². The van der Waals surface area contributed by atoms with Crippen molar-refractivity contribution in [2.45, 2.75) is 13.3 Å². The van der Waals surface area contributed by atoms with Crippen molar-refractivity contribution in [1.82, 2.24) is 0 Å². The van der Waals surface area contributed by atoms with Crippen LogP contribution in [0.2, 0.25) is 5.02 Å². The molecule has 2 aromatic rings. The third-order valence-corrected chi connectivity index (χ3v) is 4.94. The highest BCUT2D eigenvalue weighted by atomic mass is 35.5. The normalized spacial score (nSPS) is 16.3. The van der Waals surface area contributed by atoms with Crippen LogP contribution < -0.4 is 10.2 Å². The van der Waals surface area contributed by atoms with Gasteiger partial charge in [0.25, 0.3) is 0 Å². The van der Waals surface area contributed by atoms with Crippen LogP contribution in [0.5, 0.6) is 0 Å². The summed E-state index contributed by atoms with van der Waals surface area (Å²) >= 11 is 6.14. The van der Waals surface area contributed by atoms with Gasteiger partial charge in [-0.1, -0.05) is 17.7 Å². The minimum Gasteiger partial charge on any atom is -0.465 e. The first-order valence-corrected chi connectivity index (χ1v) is 8.82. The maximum Gasteiger partial charge on any atom is 0.337 e. The second-order valence-electron chi connectivity index (χ2n) is 6.40. The molecule has 1 heterocycles. The number of ether oxygens (including phenoxy) is 1. The molecule has 27 heavy (non-hydrogen) atoms. The number of aryl methyl sites for hydroxylation is 1. The molecule has 1 aliphatic rings. The lowest BCUT2D eigenvalue weighted by Crippen LogP contribution is -2.28. The Kier molecular flexibility index (Phi) is 5.46. The topological polar surface area (TPSA) is 75.7 Å². The van der Waals surface area contributed by atoms with Crippen LogP contribution in [0.1, 0.15) is 22.3 Å². The predicted molar refractivity (Wildman–Crippen MR) is 103 cm³/mol. The van der Waals surface area contributed by atoms with E-state index in [0.717, 1.165) is 5.56 Å². The number of halogens is 1. The molecule has 2 amide bonds. The first-order chi connectivity index (χ1) is 12.9. The number of nitrogens with one attached hydrogen (secondary N) is 1. The molecule has 3 rings (SSSR count). The van der Waals surface area contributed by atoms with E-state index in [4.69, 9.17) is 11.6 Å². The number of carbonyl (C=O) groups is 3. The zero-order chi connectivity index (χ0) is 19.6. The van der Waals surface area contributed by atoms with E-state index in [2.05, 4.69) is 10.1 Å². The van der Waals surface area contributed by atoms with Crippen molar-refractivity contribution in [1.29, 1.82) is 0 Å². The second kappa shape index (κ2) is 7.80. The Balaban J connectivity index is 1.66. The van der Waals surface area contributed by atoms with E-state index in [9.17, 15) is 14.4 Å². The van der Waals surface area contributed by atoms with Gasteiger partial charge in [-0.25, -0.2) is 4.79 Å². The van der Waals surface area contributed by atoms with Gasteiger partial charge in [-0.2, -0.15) is 0 Å². The van der Waals surface area contributed by atoms with Crippen LogP contribution in [0, 0.1) is 12.8 Å². The predicted octanol–water partition coefficient (Wildman–Crippen LogP) is 3.43. The number of benzene rings is 2. The van der Waals surface area contributed by atoms with E-state index >= 15 is 0 Å². The van der Waals surface area contributed by atoms with Crippen LogP contribution in [0.3, 0.4) is 0 Å². The number of methoxy groups -OCH3 is 1. The highest BCUT2D eigenvalue weighted by molar-refractivity contribution is 6.31. The Bertz CT molecular complexity index is 895. The van der Waals surface area contributed by atoms with Crippen molar-refractivity contribution in [2.24, 2.45) is 5.92 Å². The molecule has 7 heteroatoms. The SMILES string of the molecule is COC(=O)c1ccc(NC(=O)[C@H]2CC(=O)N(c3ccc(C)c(Cl)c3)C2)cc1. The fraction of sp³-hybridized carbons (Fsp3) is 0.250. The maximum absolute atomic E-state index is 12.5. The zero-order valence-corrected chi connectivity index (χ0v) is 15.7. The average Bonchev–Trinajstić information content (AvgIpc) is 3.06. The summed E-state index contributed by atoms with van der Waals surface area (Å²) in [6.45, 7) is 2.18. The Hall–Kier alpha value is -2.86. The number of nitrogens with zero attached hydrogens (tertiary/aromatic N) is 1. The van der Waals surface area contributed by atoms with E-state index in [1.54, 1.807) is 35.2 Å². The summed E-state index contributed by atoms with van der Waals surface area (Å²) in [4.78, 5) is 37.9. The number of anilines is 2. The Morgan fingerprint density at radius 2 is 1.89 bits per heavy atom. The van der Waals surface area contributed by atoms with Crippen molar-refractivity contribution >= 4 is 40.8 Å². The molecule has 0 bridgehead atoms. The fourth-order valence-corrected chi connectivity index (χ4v) is 3.11. The highest BCUT2D eigenvalue weighted by Crippen LogP contribution is 2.29. The third-order valence-electron chi connectivity index (χ3n) is 4.54. The van der Waals surface area contributed by atoms with Crippen LogP contribution in [0.4, 0.5) is 11.4 Å². The van der Waals surface area contributed by atoms with Gasteiger partial charge in [0.15, 0.2) is 0 Å². The van der Waals surface area contributed by atoms with Gasteiger partial charge in [0.05, 0.1) is 18.6 Å². The molecule has 0 aliphatic carbocycles. The molecule has 0 aromatic heterocycles. The lowest BCUT2D eigenvalue weighted by molar-refractivity contribution is -0.122. The van der Waals surface area contributed by atoms with Crippen LogP contribution in [0.15, 0.2) is 42.5 Å². The molecule has 1 fully saturated rings. The lowest BCUT2D eigenvalue weighted by atomic mass is 10.1. The number of hydrogen-bond acceptors (Lipinski definition) is 4. The average molecular weight is 387 g/mol. The molecular weight excluding hydrogens is 368 g/mol. The first kappa shape index (κ1) is 18.9. The fourth-order valence-electron chi connectivity index (χ4n) is 2.93. The van der Waals surface area contributed by atoms with Gasteiger partial charge in [0.2, 0.25) is 11.8 Å². The van der Waals surface area contributed by atoms with Crippen molar-refractivity contribution in [3.63, 3.8) is 0 Å². The van der Waals surface area contributed by atoms with Crippen LogP contribution in [-0.4, -0.2) is 31.4 Å². The summed E-state index contributed by atoms with van der Waals surface area (Å²) in [5.41, 5.74) is 2.57. The molecule has 1 N–H and O–H groups in total. The number of carbonyl (C=O) groups excluding carboxylic acids is 3. The van der Waals surface area contributed by atoms with Gasteiger partial charge in [-0.05, 0) is 48.9 Å². The summed E-state index contributed by atoms with van der Waals surface area (Å²) in [5.74, 6) is -1.26. The largest absolute Gasteiger partial charge is 0.465 e. The van der Waals surface area contributed by atoms with Crippen LogP contribution in [-0.2, 0) is 14.3 Å². The van der Waals surface area contributed by atoms with Crippen molar-refractivity contribution in [3.8, 4) is 0 Å². The molecule has 2 aromatic carbocycles. The van der Waals surface area contributed by atoms with Crippen molar-refractivity contribution < 1.29 is 19.1 Å². The van der Waals surface area contributed by atoms with Gasteiger partial charge in [-0.3, -0.25) is 9.59 Å². The summed E-state index contributed by atoms with van der Waals surface area (Å²) in [6.07, 6.45) is 0.136. The quantitative estimate of drug-likeness (QED) is 0.817.